The highest BCUT2D eigenvalue weighted by Gasteiger charge is 2.33. The first-order valence-electron chi connectivity index (χ1n) is 14.7. The van der Waals surface area contributed by atoms with Crippen molar-refractivity contribution in [1.29, 1.82) is 0 Å². The van der Waals surface area contributed by atoms with Crippen LogP contribution in [0.2, 0.25) is 0 Å². The Balaban J connectivity index is 1.39. The summed E-state index contributed by atoms with van der Waals surface area (Å²) in [5, 5.41) is 14.1. The van der Waals surface area contributed by atoms with E-state index in [-0.39, 0.29) is 29.6 Å². The van der Waals surface area contributed by atoms with Crippen molar-refractivity contribution in [3.63, 3.8) is 0 Å². The number of carbonyl (C=O) groups is 2. The Morgan fingerprint density at radius 3 is 2.62 bits per heavy atom. The van der Waals surface area contributed by atoms with E-state index in [2.05, 4.69) is 21.9 Å². The van der Waals surface area contributed by atoms with E-state index in [1.165, 1.54) is 6.07 Å². The number of nitrogens with zero attached hydrogens (tertiary/aromatic N) is 5. The van der Waals surface area contributed by atoms with Crippen LogP contribution in [-0.4, -0.2) is 62.2 Å². The summed E-state index contributed by atoms with van der Waals surface area (Å²) >= 11 is 0. The summed E-state index contributed by atoms with van der Waals surface area (Å²) in [6.07, 6.45) is 5.82. The van der Waals surface area contributed by atoms with Crippen molar-refractivity contribution in [3.8, 4) is 11.3 Å². The number of anilines is 1. The van der Waals surface area contributed by atoms with Crippen molar-refractivity contribution in [2.75, 3.05) is 24.5 Å². The monoisotopic (exact) mass is 549 g/mol. The number of hydrogen-bond acceptors (Lipinski definition) is 5. The number of aryl methyl sites for hydroxylation is 1. The second-order valence-electron chi connectivity index (χ2n) is 11.6. The standard InChI is InChI=1S/C31H40FN5O3/c1-5-23-16-28(30(38)36-13-8-6-7-9-19(36)2)33-29-17-27(34-37(23)29)25-11-10-24(15-26(25)32)35-14-12-22(18-35)20(3)21(4)31(39)40/h10-11,15-17,19-22H,5-9,12-14,18H2,1-4H3,(H,39,40)/t19-,20+,21-,22-/m1/s1. The average molecular weight is 550 g/mol. The summed E-state index contributed by atoms with van der Waals surface area (Å²) in [5.74, 6) is -1.32. The van der Waals surface area contributed by atoms with Gasteiger partial charge in [-0.15, -0.1) is 0 Å². The Labute approximate surface area is 235 Å². The van der Waals surface area contributed by atoms with Crippen molar-refractivity contribution in [2.45, 2.75) is 72.3 Å². The highest BCUT2D eigenvalue weighted by Crippen LogP contribution is 2.34. The number of likely N-dealkylation sites (tertiary alicyclic amines) is 1. The van der Waals surface area contributed by atoms with Crippen LogP contribution in [0, 0.1) is 23.6 Å². The van der Waals surface area contributed by atoms with E-state index in [0.29, 0.717) is 35.6 Å². The predicted octanol–water partition coefficient (Wildman–Crippen LogP) is 5.69. The molecule has 4 atom stereocenters. The third-order valence-corrected chi connectivity index (χ3v) is 9.14. The topological polar surface area (TPSA) is 91.0 Å². The predicted molar refractivity (Wildman–Crippen MR) is 153 cm³/mol. The van der Waals surface area contributed by atoms with E-state index in [1.54, 1.807) is 23.6 Å². The molecule has 8 nitrogen and oxygen atoms in total. The van der Waals surface area contributed by atoms with Gasteiger partial charge in [0.15, 0.2) is 5.65 Å². The van der Waals surface area contributed by atoms with E-state index in [9.17, 15) is 14.7 Å². The Kier molecular flexibility index (Phi) is 8.10. The van der Waals surface area contributed by atoms with Crippen molar-refractivity contribution >= 4 is 23.2 Å². The van der Waals surface area contributed by atoms with Crippen LogP contribution in [0.25, 0.3) is 16.9 Å². The molecule has 3 aromatic rings. The number of aliphatic carboxylic acids is 1. The summed E-state index contributed by atoms with van der Waals surface area (Å²) in [6.45, 7) is 10.1. The second-order valence-corrected chi connectivity index (χ2v) is 11.6. The number of halogens is 1. The molecule has 0 aliphatic carbocycles. The van der Waals surface area contributed by atoms with Gasteiger partial charge in [0, 0.05) is 48.7 Å². The molecule has 2 saturated heterocycles. The van der Waals surface area contributed by atoms with Crippen molar-refractivity contribution in [1.82, 2.24) is 19.5 Å². The molecular formula is C31H40FN5O3. The van der Waals surface area contributed by atoms with Crippen LogP contribution in [0.1, 0.15) is 76.0 Å². The van der Waals surface area contributed by atoms with Crippen LogP contribution in [-0.2, 0) is 11.2 Å². The molecule has 9 heteroatoms. The highest BCUT2D eigenvalue weighted by atomic mass is 19.1. The normalized spacial score (nSPS) is 21.4. The zero-order chi connectivity index (χ0) is 28.6. The minimum atomic E-state index is -0.775. The fraction of sp³-hybridized carbons (Fsp3) is 0.548. The number of carboxylic acids is 1. The molecule has 40 heavy (non-hydrogen) atoms. The molecule has 2 aliphatic rings. The van der Waals surface area contributed by atoms with E-state index in [4.69, 9.17) is 0 Å². The van der Waals surface area contributed by atoms with E-state index < -0.39 is 11.9 Å². The second kappa shape index (κ2) is 11.6. The molecule has 5 rings (SSSR count). The van der Waals surface area contributed by atoms with E-state index in [1.807, 2.05) is 30.9 Å². The van der Waals surface area contributed by atoms with Crippen molar-refractivity contribution in [2.24, 2.45) is 17.8 Å². The third kappa shape index (κ3) is 5.43. The first-order valence-corrected chi connectivity index (χ1v) is 14.7. The maximum atomic E-state index is 15.5. The number of amides is 1. The maximum absolute atomic E-state index is 15.5. The van der Waals surface area contributed by atoms with Gasteiger partial charge in [-0.25, -0.2) is 13.9 Å². The third-order valence-electron chi connectivity index (χ3n) is 9.14. The number of rotatable bonds is 7. The molecule has 214 valence electrons. The highest BCUT2D eigenvalue weighted by molar-refractivity contribution is 5.93. The fourth-order valence-corrected chi connectivity index (χ4v) is 6.25. The zero-order valence-electron chi connectivity index (χ0n) is 23.9. The van der Waals surface area contributed by atoms with Gasteiger partial charge >= 0.3 is 5.97 Å². The number of hydrogen-bond donors (Lipinski definition) is 1. The first-order chi connectivity index (χ1) is 19.2. The molecule has 0 spiro atoms. The molecule has 0 unspecified atom stereocenters. The van der Waals surface area contributed by atoms with Crippen molar-refractivity contribution in [3.05, 3.63) is 47.5 Å². The van der Waals surface area contributed by atoms with E-state index in [0.717, 1.165) is 56.6 Å². The number of carboxylic acid groups (broad SMARTS) is 1. The number of benzene rings is 1. The minimum absolute atomic E-state index is 0.0456. The van der Waals surface area contributed by atoms with Crippen LogP contribution in [0.4, 0.5) is 10.1 Å². The molecule has 0 saturated carbocycles. The van der Waals surface area contributed by atoms with Gasteiger partial charge in [-0.2, -0.15) is 5.10 Å². The summed E-state index contributed by atoms with van der Waals surface area (Å²) in [4.78, 5) is 33.6. The van der Waals surface area contributed by atoms with Gasteiger partial charge in [-0.1, -0.05) is 33.6 Å². The van der Waals surface area contributed by atoms with Gasteiger partial charge in [0.2, 0.25) is 0 Å². The molecule has 2 fully saturated rings. The molecule has 2 aliphatic heterocycles. The molecule has 1 aromatic carbocycles. The van der Waals surface area contributed by atoms with Gasteiger partial charge < -0.3 is 14.9 Å². The van der Waals surface area contributed by atoms with Crippen LogP contribution in [0.15, 0.2) is 30.3 Å². The van der Waals surface area contributed by atoms with Gasteiger partial charge in [-0.3, -0.25) is 9.59 Å². The molecule has 1 N–H and O–H groups in total. The van der Waals surface area contributed by atoms with Crippen LogP contribution in [0.5, 0.6) is 0 Å². The van der Waals surface area contributed by atoms with Gasteiger partial charge in [0.05, 0.1) is 11.6 Å². The lowest BCUT2D eigenvalue weighted by molar-refractivity contribution is -0.143. The first kappa shape index (κ1) is 28.1. The average Bonchev–Trinajstić information content (AvgIpc) is 3.55. The smallest absolute Gasteiger partial charge is 0.306 e. The van der Waals surface area contributed by atoms with Crippen LogP contribution >= 0.6 is 0 Å². The minimum Gasteiger partial charge on any atom is -0.481 e. The lowest BCUT2D eigenvalue weighted by atomic mass is 9.83. The van der Waals surface area contributed by atoms with Crippen LogP contribution in [0.3, 0.4) is 0 Å². The summed E-state index contributed by atoms with van der Waals surface area (Å²) in [5.41, 5.74) is 3.44. The largest absolute Gasteiger partial charge is 0.481 e. The lowest BCUT2D eigenvalue weighted by Crippen LogP contribution is -2.38. The fourth-order valence-electron chi connectivity index (χ4n) is 6.25. The Hall–Kier alpha value is -3.49. The molecule has 4 heterocycles. The molecule has 0 bridgehead atoms. The van der Waals surface area contributed by atoms with Gasteiger partial charge in [0.25, 0.3) is 5.91 Å². The molecule has 1 amide bonds. The quantitative estimate of drug-likeness (QED) is 0.407. The van der Waals surface area contributed by atoms with Gasteiger partial charge in [-0.05, 0) is 68.7 Å². The van der Waals surface area contributed by atoms with Gasteiger partial charge in [0.1, 0.15) is 11.5 Å². The maximum Gasteiger partial charge on any atom is 0.306 e. The Morgan fingerprint density at radius 2 is 1.90 bits per heavy atom. The SMILES string of the molecule is CCc1cc(C(=O)N2CCCCC[C@H]2C)nc2cc(-c3ccc(N4CC[C@@H]([C@@H](C)[C@@H](C)C(=O)O)C4)cc3F)nn12. The number of fused-ring (bicyclic) bond motifs is 1. The summed E-state index contributed by atoms with van der Waals surface area (Å²) in [7, 11) is 0. The number of aromatic nitrogens is 3. The molecule has 2 aromatic heterocycles. The lowest BCUT2D eigenvalue weighted by Gasteiger charge is -2.27. The van der Waals surface area contributed by atoms with Crippen molar-refractivity contribution < 1.29 is 19.1 Å². The summed E-state index contributed by atoms with van der Waals surface area (Å²) in [6, 6.07) is 8.94. The van der Waals surface area contributed by atoms with E-state index >= 15 is 4.39 Å². The Morgan fingerprint density at radius 1 is 1.10 bits per heavy atom. The molecule has 0 radical (unpaired) electrons. The number of carbonyl (C=O) groups excluding carboxylic acids is 1. The zero-order valence-corrected chi connectivity index (χ0v) is 23.9. The molecular weight excluding hydrogens is 509 g/mol. The Bertz CT molecular complexity index is 1410. The van der Waals surface area contributed by atoms with Crippen LogP contribution < -0.4 is 4.90 Å². The summed E-state index contributed by atoms with van der Waals surface area (Å²) < 4.78 is 17.2.